The number of hydrogen-bond donors (Lipinski definition) is 2. The predicted molar refractivity (Wildman–Crippen MR) is 114 cm³/mol. The van der Waals surface area contributed by atoms with Crippen molar-refractivity contribution < 1.29 is 9.90 Å². The number of aromatic nitrogens is 2. The first-order valence-electron chi connectivity index (χ1n) is 10.2. The molecular formula is C24H27N3O2. The number of hydrogen-bond acceptors (Lipinski definition) is 3. The Kier molecular flexibility index (Phi) is 5.24. The molecule has 1 saturated carbocycles. The molecule has 3 N–H and O–H groups in total. The van der Waals surface area contributed by atoms with Crippen LogP contribution in [0.4, 0.5) is 0 Å². The molecule has 0 atom stereocenters. The van der Waals surface area contributed by atoms with Gasteiger partial charge < -0.3 is 15.4 Å². The van der Waals surface area contributed by atoms with E-state index in [0.29, 0.717) is 6.42 Å². The van der Waals surface area contributed by atoms with Gasteiger partial charge in [0.1, 0.15) is 5.82 Å². The maximum Gasteiger partial charge on any atom is 0.303 e. The SMILES string of the molecule is Cn1cc(-c2ccc(C3(N)CCCC3)cc2)nc1-c1ccc(CCC(=O)O)cc1. The minimum atomic E-state index is -0.776. The van der Waals surface area contributed by atoms with Crippen molar-refractivity contribution in [3.63, 3.8) is 0 Å². The van der Waals surface area contributed by atoms with E-state index < -0.39 is 5.97 Å². The van der Waals surface area contributed by atoms with Gasteiger partial charge in [0.25, 0.3) is 0 Å². The van der Waals surface area contributed by atoms with Crippen molar-refractivity contribution in [3.8, 4) is 22.6 Å². The van der Waals surface area contributed by atoms with Crippen molar-refractivity contribution in [3.05, 3.63) is 65.9 Å². The first-order valence-corrected chi connectivity index (χ1v) is 10.2. The Hall–Kier alpha value is -2.92. The average molecular weight is 389 g/mol. The summed E-state index contributed by atoms with van der Waals surface area (Å²) in [4.78, 5) is 15.6. The van der Waals surface area contributed by atoms with Crippen molar-refractivity contribution in [2.45, 2.75) is 44.1 Å². The Morgan fingerprint density at radius 2 is 1.69 bits per heavy atom. The molecule has 0 radical (unpaired) electrons. The van der Waals surface area contributed by atoms with E-state index in [2.05, 4.69) is 24.3 Å². The highest BCUT2D eigenvalue weighted by Gasteiger charge is 2.30. The zero-order valence-corrected chi connectivity index (χ0v) is 16.8. The number of rotatable bonds is 6. The lowest BCUT2D eigenvalue weighted by Gasteiger charge is -2.24. The van der Waals surface area contributed by atoms with Gasteiger partial charge in [-0.3, -0.25) is 4.79 Å². The number of aliphatic carboxylic acids is 1. The molecule has 5 nitrogen and oxygen atoms in total. The second kappa shape index (κ2) is 7.84. The lowest BCUT2D eigenvalue weighted by Crippen LogP contribution is -2.32. The molecule has 0 bridgehead atoms. The maximum atomic E-state index is 10.7. The molecule has 5 heteroatoms. The zero-order chi connectivity index (χ0) is 20.4. The number of aryl methyl sites for hydroxylation is 2. The summed E-state index contributed by atoms with van der Waals surface area (Å²) in [5, 5.41) is 8.83. The Morgan fingerprint density at radius 3 is 2.31 bits per heavy atom. The molecular weight excluding hydrogens is 362 g/mol. The highest BCUT2D eigenvalue weighted by molar-refractivity contribution is 5.67. The maximum absolute atomic E-state index is 10.7. The summed E-state index contributed by atoms with van der Waals surface area (Å²) in [5.74, 6) is 0.113. The lowest BCUT2D eigenvalue weighted by molar-refractivity contribution is -0.136. The summed E-state index contributed by atoms with van der Waals surface area (Å²) in [5.41, 5.74) is 11.7. The van der Waals surface area contributed by atoms with Crippen molar-refractivity contribution in [2.24, 2.45) is 12.8 Å². The van der Waals surface area contributed by atoms with Crippen LogP contribution in [0.5, 0.6) is 0 Å². The fraction of sp³-hybridized carbons (Fsp3) is 0.333. The summed E-state index contributed by atoms with van der Waals surface area (Å²) in [7, 11) is 1.99. The van der Waals surface area contributed by atoms with Gasteiger partial charge in [0.15, 0.2) is 0 Å². The Labute approximate surface area is 171 Å². The van der Waals surface area contributed by atoms with Gasteiger partial charge in [-0.2, -0.15) is 0 Å². The molecule has 0 saturated heterocycles. The summed E-state index contributed by atoms with van der Waals surface area (Å²) < 4.78 is 2.02. The normalized spacial score (nSPS) is 15.5. The van der Waals surface area contributed by atoms with Crippen molar-refractivity contribution in [1.82, 2.24) is 9.55 Å². The molecule has 0 spiro atoms. The lowest BCUT2D eigenvalue weighted by atomic mass is 9.89. The van der Waals surface area contributed by atoms with Crippen LogP contribution in [0.25, 0.3) is 22.6 Å². The summed E-state index contributed by atoms with van der Waals surface area (Å²) in [6.45, 7) is 0. The average Bonchev–Trinajstić information content (AvgIpc) is 3.34. The number of nitrogens with two attached hydrogens (primary N) is 1. The first kappa shape index (κ1) is 19.4. The monoisotopic (exact) mass is 389 g/mol. The number of imidazole rings is 1. The molecule has 1 aromatic heterocycles. The van der Waals surface area contributed by atoms with E-state index in [1.807, 2.05) is 42.1 Å². The van der Waals surface area contributed by atoms with Gasteiger partial charge in [-0.05, 0) is 30.4 Å². The van der Waals surface area contributed by atoms with Crippen LogP contribution in [0, 0.1) is 0 Å². The van der Waals surface area contributed by atoms with Gasteiger partial charge in [-0.15, -0.1) is 0 Å². The van der Waals surface area contributed by atoms with Crippen LogP contribution in [-0.2, 0) is 23.8 Å². The van der Waals surface area contributed by atoms with Crippen LogP contribution >= 0.6 is 0 Å². The second-order valence-corrected chi connectivity index (χ2v) is 8.09. The second-order valence-electron chi connectivity index (χ2n) is 8.09. The van der Waals surface area contributed by atoms with Crippen molar-refractivity contribution in [1.29, 1.82) is 0 Å². The van der Waals surface area contributed by atoms with Crippen molar-refractivity contribution in [2.75, 3.05) is 0 Å². The smallest absolute Gasteiger partial charge is 0.303 e. The quantitative estimate of drug-likeness (QED) is 0.650. The summed E-state index contributed by atoms with van der Waals surface area (Å²) in [6.07, 6.45) is 7.25. The molecule has 2 aromatic carbocycles. The first-order chi connectivity index (χ1) is 13.9. The standard InChI is InChI=1S/C24H27N3O2/c1-27-16-21(18-9-11-20(12-10-18)24(25)14-2-3-15-24)26-23(27)19-7-4-17(5-8-19)6-13-22(28)29/h4-5,7-12,16H,2-3,6,13-15,25H2,1H3,(H,28,29). The molecule has 1 fully saturated rings. The van der Waals surface area contributed by atoms with Gasteiger partial charge in [0.05, 0.1) is 5.69 Å². The van der Waals surface area contributed by atoms with Crippen LogP contribution in [-0.4, -0.2) is 20.6 Å². The van der Waals surface area contributed by atoms with Gasteiger partial charge in [-0.25, -0.2) is 4.98 Å². The fourth-order valence-electron chi connectivity index (χ4n) is 4.21. The third-order valence-corrected chi connectivity index (χ3v) is 5.97. The number of benzene rings is 2. The molecule has 1 aliphatic rings. The van der Waals surface area contributed by atoms with Gasteiger partial charge in [0, 0.05) is 36.3 Å². The fourth-order valence-corrected chi connectivity index (χ4v) is 4.21. The van der Waals surface area contributed by atoms with Gasteiger partial charge >= 0.3 is 5.97 Å². The molecule has 150 valence electrons. The van der Waals surface area contributed by atoms with E-state index in [1.165, 1.54) is 18.4 Å². The highest BCUT2D eigenvalue weighted by atomic mass is 16.4. The van der Waals surface area contributed by atoms with Crippen LogP contribution in [0.15, 0.2) is 54.7 Å². The molecule has 0 amide bonds. The van der Waals surface area contributed by atoms with Crippen LogP contribution in [0.3, 0.4) is 0 Å². The van der Waals surface area contributed by atoms with E-state index in [-0.39, 0.29) is 12.0 Å². The van der Waals surface area contributed by atoms with E-state index in [4.69, 9.17) is 15.8 Å². The number of nitrogens with zero attached hydrogens (tertiary/aromatic N) is 2. The van der Waals surface area contributed by atoms with E-state index in [0.717, 1.165) is 41.1 Å². The zero-order valence-electron chi connectivity index (χ0n) is 16.8. The topological polar surface area (TPSA) is 81.1 Å². The van der Waals surface area contributed by atoms with E-state index in [1.54, 1.807) is 0 Å². The minimum Gasteiger partial charge on any atom is -0.481 e. The molecule has 29 heavy (non-hydrogen) atoms. The van der Waals surface area contributed by atoms with E-state index in [9.17, 15) is 4.79 Å². The van der Waals surface area contributed by atoms with Crippen LogP contribution in [0.1, 0.15) is 43.2 Å². The summed E-state index contributed by atoms with van der Waals surface area (Å²) in [6, 6.07) is 16.5. The molecule has 4 rings (SSSR count). The number of carboxylic acid groups (broad SMARTS) is 1. The summed E-state index contributed by atoms with van der Waals surface area (Å²) >= 11 is 0. The van der Waals surface area contributed by atoms with Gasteiger partial charge in [0.2, 0.25) is 0 Å². The third-order valence-electron chi connectivity index (χ3n) is 5.97. The third kappa shape index (κ3) is 4.10. The number of carboxylic acids is 1. The molecule has 3 aromatic rings. The van der Waals surface area contributed by atoms with Crippen LogP contribution < -0.4 is 5.73 Å². The Bertz CT molecular complexity index is 998. The van der Waals surface area contributed by atoms with Crippen LogP contribution in [0.2, 0.25) is 0 Å². The predicted octanol–water partition coefficient (Wildman–Crippen LogP) is 4.50. The Balaban J connectivity index is 1.54. The molecule has 1 aliphatic carbocycles. The minimum absolute atomic E-state index is 0.145. The largest absolute Gasteiger partial charge is 0.481 e. The van der Waals surface area contributed by atoms with Crippen molar-refractivity contribution >= 4 is 5.97 Å². The molecule has 1 heterocycles. The highest BCUT2D eigenvalue weighted by Crippen LogP contribution is 2.37. The molecule has 0 unspecified atom stereocenters. The number of carbonyl (C=O) groups is 1. The van der Waals surface area contributed by atoms with Gasteiger partial charge in [-0.1, -0.05) is 61.4 Å². The van der Waals surface area contributed by atoms with E-state index >= 15 is 0 Å². The Morgan fingerprint density at radius 1 is 1.07 bits per heavy atom. The molecule has 0 aliphatic heterocycles.